The number of thioether (sulfide) groups is 1. The zero-order chi connectivity index (χ0) is 29.9. The Labute approximate surface area is 248 Å². The summed E-state index contributed by atoms with van der Waals surface area (Å²) in [6.07, 6.45) is 2.32. The Bertz CT molecular complexity index is 1490. The normalized spacial score (nSPS) is 16.8. The van der Waals surface area contributed by atoms with E-state index >= 15 is 0 Å². The number of ether oxygens (including phenoxy) is 3. The Hall–Kier alpha value is -3.90. The highest BCUT2D eigenvalue weighted by molar-refractivity contribution is 8.00. The lowest BCUT2D eigenvalue weighted by Gasteiger charge is -2.25. The molecule has 2 aromatic heterocycles. The van der Waals surface area contributed by atoms with Crippen molar-refractivity contribution in [1.82, 2.24) is 14.9 Å². The van der Waals surface area contributed by atoms with Crippen molar-refractivity contribution in [3.63, 3.8) is 0 Å². The van der Waals surface area contributed by atoms with E-state index in [1.54, 1.807) is 24.3 Å². The van der Waals surface area contributed by atoms with Crippen molar-refractivity contribution in [3.05, 3.63) is 48.2 Å². The van der Waals surface area contributed by atoms with Crippen LogP contribution in [-0.4, -0.2) is 77.0 Å². The zero-order valence-corrected chi connectivity index (χ0v) is 25.0. The van der Waals surface area contributed by atoms with Crippen molar-refractivity contribution in [1.29, 1.82) is 0 Å². The van der Waals surface area contributed by atoms with Crippen LogP contribution in [0.2, 0.25) is 0 Å². The molecule has 0 spiro atoms. The molecule has 4 heterocycles. The monoisotopic (exact) mass is 593 g/mol. The van der Waals surface area contributed by atoms with E-state index in [0.29, 0.717) is 61.0 Å². The highest BCUT2D eigenvalue weighted by Gasteiger charge is 2.33. The first kappa shape index (κ1) is 29.6. The minimum absolute atomic E-state index is 0.0582. The van der Waals surface area contributed by atoms with Gasteiger partial charge in [0.15, 0.2) is 0 Å². The van der Waals surface area contributed by atoms with Crippen molar-refractivity contribution in [3.8, 4) is 5.88 Å². The predicted octanol–water partition coefficient (Wildman–Crippen LogP) is 4.63. The number of esters is 1. The topological polar surface area (TPSA) is 123 Å². The molecule has 42 heavy (non-hydrogen) atoms. The summed E-state index contributed by atoms with van der Waals surface area (Å²) < 4.78 is 16.6. The summed E-state index contributed by atoms with van der Waals surface area (Å²) in [7, 11) is 1.57. The summed E-state index contributed by atoms with van der Waals surface area (Å²) in [5.74, 6) is 0.496. The van der Waals surface area contributed by atoms with E-state index in [0.717, 1.165) is 16.0 Å². The number of rotatable bonds is 10. The molecule has 0 unspecified atom stereocenters. The van der Waals surface area contributed by atoms with Gasteiger partial charge in [-0.15, -0.1) is 11.8 Å². The van der Waals surface area contributed by atoms with Crippen LogP contribution >= 0.6 is 11.8 Å². The number of nitrogens with zero attached hydrogens (tertiary/aromatic N) is 4. The van der Waals surface area contributed by atoms with Gasteiger partial charge in [0.05, 0.1) is 42.7 Å². The smallest absolute Gasteiger partial charge is 0.414 e. The number of aromatic nitrogens is 2. The van der Waals surface area contributed by atoms with E-state index in [2.05, 4.69) is 15.3 Å². The van der Waals surface area contributed by atoms with Gasteiger partial charge in [-0.3, -0.25) is 24.4 Å². The molecule has 3 aromatic rings. The lowest BCUT2D eigenvalue weighted by Crippen LogP contribution is -2.35. The summed E-state index contributed by atoms with van der Waals surface area (Å²) in [6, 6.07) is 11.1. The van der Waals surface area contributed by atoms with E-state index in [-0.39, 0.29) is 24.5 Å². The van der Waals surface area contributed by atoms with Crippen molar-refractivity contribution < 1.29 is 28.6 Å². The molecule has 2 amide bonds. The fourth-order valence-corrected chi connectivity index (χ4v) is 5.77. The molecule has 0 radical (unpaired) electrons. The molecule has 2 aliphatic rings. The average Bonchev–Trinajstić information content (AvgIpc) is 3.31. The van der Waals surface area contributed by atoms with E-state index in [4.69, 9.17) is 14.2 Å². The molecule has 1 aromatic carbocycles. The van der Waals surface area contributed by atoms with Crippen LogP contribution in [0.4, 0.5) is 16.2 Å². The SMILES string of the molecule is COc1ccc2nccc(CN(CCC[C@@H]3CN(c4ccc5c(c4)NC(=O)CS5)C(=O)O3)CC(=O)OC(C)(C)C)c2n1. The van der Waals surface area contributed by atoms with Crippen molar-refractivity contribution >= 4 is 52.1 Å². The van der Waals surface area contributed by atoms with Gasteiger partial charge in [-0.25, -0.2) is 9.78 Å². The largest absolute Gasteiger partial charge is 0.481 e. The molecule has 222 valence electrons. The van der Waals surface area contributed by atoms with E-state index < -0.39 is 11.7 Å². The molecular weight excluding hydrogens is 558 g/mol. The second-order valence-electron chi connectivity index (χ2n) is 11.3. The number of benzene rings is 1. The van der Waals surface area contributed by atoms with Gasteiger partial charge in [-0.05, 0) is 76.1 Å². The van der Waals surface area contributed by atoms with Gasteiger partial charge < -0.3 is 19.5 Å². The van der Waals surface area contributed by atoms with Crippen molar-refractivity contribution in [2.45, 2.75) is 56.8 Å². The molecule has 5 rings (SSSR count). The maximum atomic E-state index is 12.8. The van der Waals surface area contributed by atoms with Gasteiger partial charge in [-0.1, -0.05) is 0 Å². The third-order valence-corrected chi connectivity index (χ3v) is 7.87. The molecule has 12 heteroatoms. The zero-order valence-electron chi connectivity index (χ0n) is 24.2. The maximum absolute atomic E-state index is 12.8. The van der Waals surface area contributed by atoms with Crippen LogP contribution in [0.3, 0.4) is 0 Å². The highest BCUT2D eigenvalue weighted by Crippen LogP contribution is 2.35. The van der Waals surface area contributed by atoms with Crippen LogP contribution in [0.25, 0.3) is 11.0 Å². The standard InChI is InChI=1S/C30H35N5O6S/c1-30(2,3)41-27(37)17-34(15-19-11-12-31-22-8-10-26(39-4)33-28(19)22)13-5-6-21-16-35(29(38)40-21)20-7-9-24-23(14-20)32-25(36)18-42-24/h7-12,14,21H,5-6,13,15-18H2,1-4H3,(H,32,36)/t21-/m1/s1. The lowest BCUT2D eigenvalue weighted by molar-refractivity contribution is -0.156. The summed E-state index contributed by atoms with van der Waals surface area (Å²) in [4.78, 5) is 50.9. The van der Waals surface area contributed by atoms with Gasteiger partial charge in [0, 0.05) is 29.4 Å². The van der Waals surface area contributed by atoms with Crippen molar-refractivity contribution in [2.24, 2.45) is 0 Å². The first-order chi connectivity index (χ1) is 20.1. The third-order valence-electron chi connectivity index (χ3n) is 6.80. The number of fused-ring (bicyclic) bond motifs is 2. The maximum Gasteiger partial charge on any atom is 0.414 e. The molecule has 1 saturated heterocycles. The molecule has 0 bridgehead atoms. The van der Waals surface area contributed by atoms with Gasteiger partial charge >= 0.3 is 12.1 Å². The fourth-order valence-electron chi connectivity index (χ4n) is 4.98. The van der Waals surface area contributed by atoms with Crippen LogP contribution in [0.5, 0.6) is 5.88 Å². The molecule has 1 atom stereocenters. The number of hydrogen-bond donors (Lipinski definition) is 1. The number of carbonyl (C=O) groups excluding carboxylic acids is 3. The first-order valence-corrected chi connectivity index (χ1v) is 14.8. The Balaban J connectivity index is 1.24. The number of carbonyl (C=O) groups is 3. The first-order valence-electron chi connectivity index (χ1n) is 13.9. The number of nitrogens with one attached hydrogen (secondary N) is 1. The minimum atomic E-state index is -0.597. The number of pyridine rings is 2. The van der Waals surface area contributed by atoms with E-state index in [9.17, 15) is 14.4 Å². The van der Waals surface area contributed by atoms with Gasteiger partial charge in [-0.2, -0.15) is 0 Å². The number of methoxy groups -OCH3 is 1. The van der Waals surface area contributed by atoms with Gasteiger partial charge in [0.2, 0.25) is 11.8 Å². The van der Waals surface area contributed by atoms with Gasteiger partial charge in [0.25, 0.3) is 0 Å². The quantitative estimate of drug-likeness (QED) is 0.333. The van der Waals surface area contributed by atoms with E-state index in [1.165, 1.54) is 11.8 Å². The Morgan fingerprint density at radius 1 is 1.21 bits per heavy atom. The minimum Gasteiger partial charge on any atom is -0.481 e. The molecule has 1 fully saturated rings. The summed E-state index contributed by atoms with van der Waals surface area (Å²) in [5.41, 5.74) is 3.16. The number of cyclic esters (lactones) is 1. The third kappa shape index (κ3) is 7.29. The number of hydrogen-bond acceptors (Lipinski definition) is 10. The Morgan fingerprint density at radius 3 is 2.83 bits per heavy atom. The molecule has 0 saturated carbocycles. The number of amides is 2. The van der Waals surface area contributed by atoms with Crippen LogP contribution in [-0.2, 0) is 25.6 Å². The average molecular weight is 594 g/mol. The van der Waals surface area contributed by atoms with E-state index in [1.807, 2.05) is 56.0 Å². The molecule has 0 aliphatic carbocycles. The van der Waals surface area contributed by atoms with Crippen LogP contribution in [0.1, 0.15) is 39.2 Å². The molecule has 2 aliphatic heterocycles. The van der Waals surface area contributed by atoms with Crippen molar-refractivity contribution in [2.75, 3.05) is 42.7 Å². The van der Waals surface area contributed by atoms with Gasteiger partial charge in [0.1, 0.15) is 11.7 Å². The number of anilines is 2. The summed E-state index contributed by atoms with van der Waals surface area (Å²) in [6.45, 7) is 7.06. The lowest BCUT2D eigenvalue weighted by atomic mass is 10.1. The Morgan fingerprint density at radius 2 is 2.05 bits per heavy atom. The summed E-state index contributed by atoms with van der Waals surface area (Å²) in [5, 5.41) is 2.87. The molecular formula is C30H35N5O6S. The Kier molecular flexibility index (Phi) is 8.83. The molecule has 11 nitrogen and oxygen atoms in total. The molecule has 1 N–H and O–H groups in total. The van der Waals surface area contributed by atoms with Crippen LogP contribution in [0.15, 0.2) is 47.5 Å². The second-order valence-corrected chi connectivity index (χ2v) is 12.3. The fraction of sp³-hybridized carbons (Fsp3) is 0.433. The second kappa shape index (κ2) is 12.5. The predicted molar refractivity (Wildman–Crippen MR) is 160 cm³/mol. The summed E-state index contributed by atoms with van der Waals surface area (Å²) >= 11 is 1.47. The highest BCUT2D eigenvalue weighted by atomic mass is 32.2. The van der Waals surface area contributed by atoms with Crippen LogP contribution in [0, 0.1) is 0 Å². The van der Waals surface area contributed by atoms with Crippen LogP contribution < -0.4 is 15.0 Å².